The molecule has 18 heavy (non-hydrogen) atoms. The van der Waals surface area contributed by atoms with E-state index < -0.39 is 11.4 Å². The third-order valence-electron chi connectivity index (χ3n) is 3.44. The number of hydrogen-bond acceptors (Lipinski definition) is 2. The first-order chi connectivity index (χ1) is 8.53. The van der Waals surface area contributed by atoms with E-state index in [0.29, 0.717) is 6.42 Å². The fraction of sp³-hybridized carbons (Fsp3) is 0.286. The van der Waals surface area contributed by atoms with Crippen LogP contribution in [-0.2, 0) is 15.0 Å². The number of nitrogens with zero attached hydrogens (tertiary/aromatic N) is 1. The lowest BCUT2D eigenvalue weighted by Crippen LogP contribution is -2.40. The molecular weight excluding hydrogens is 230 g/mol. The van der Waals surface area contributed by atoms with Gasteiger partial charge in [0.2, 0.25) is 5.91 Å². The zero-order valence-corrected chi connectivity index (χ0v) is 10.2. The molecule has 1 heterocycles. The van der Waals surface area contributed by atoms with Gasteiger partial charge in [0.1, 0.15) is 0 Å². The maximum Gasteiger partial charge on any atom is 0.304 e. The van der Waals surface area contributed by atoms with E-state index in [2.05, 4.69) is 6.58 Å². The lowest BCUT2D eigenvalue weighted by atomic mass is 9.76. The Labute approximate surface area is 106 Å². The van der Waals surface area contributed by atoms with Gasteiger partial charge in [0.05, 0.1) is 11.8 Å². The van der Waals surface area contributed by atoms with Crippen LogP contribution in [-0.4, -0.2) is 24.0 Å². The molecule has 0 aliphatic carbocycles. The van der Waals surface area contributed by atoms with E-state index in [-0.39, 0.29) is 12.3 Å². The Kier molecular flexibility index (Phi) is 2.95. The van der Waals surface area contributed by atoms with E-state index in [1.807, 2.05) is 24.3 Å². The predicted molar refractivity (Wildman–Crippen MR) is 68.6 cm³/mol. The van der Waals surface area contributed by atoms with E-state index in [1.54, 1.807) is 13.1 Å². The first kappa shape index (κ1) is 12.4. The molecule has 1 aromatic rings. The van der Waals surface area contributed by atoms with E-state index in [1.165, 1.54) is 4.90 Å². The van der Waals surface area contributed by atoms with E-state index in [4.69, 9.17) is 5.11 Å². The first-order valence-corrected chi connectivity index (χ1v) is 5.73. The molecule has 0 aromatic heterocycles. The molecule has 1 aliphatic rings. The number of rotatable bonds is 4. The van der Waals surface area contributed by atoms with Crippen LogP contribution >= 0.6 is 0 Å². The number of benzene rings is 1. The van der Waals surface area contributed by atoms with Gasteiger partial charge in [0, 0.05) is 12.7 Å². The highest BCUT2D eigenvalue weighted by Gasteiger charge is 2.49. The molecule has 2 rings (SSSR count). The third-order valence-corrected chi connectivity index (χ3v) is 3.44. The highest BCUT2D eigenvalue weighted by atomic mass is 16.4. The second-order valence-corrected chi connectivity index (χ2v) is 4.53. The number of carboxylic acids is 1. The number of amides is 1. The molecule has 0 radical (unpaired) electrons. The number of fused-ring (bicyclic) bond motifs is 1. The Morgan fingerprint density at radius 3 is 2.78 bits per heavy atom. The number of carboxylic acid groups (broad SMARTS) is 1. The van der Waals surface area contributed by atoms with Crippen LogP contribution in [0.5, 0.6) is 0 Å². The van der Waals surface area contributed by atoms with Gasteiger partial charge in [-0.3, -0.25) is 9.59 Å². The number of allylic oxidation sites excluding steroid dienone is 1. The summed E-state index contributed by atoms with van der Waals surface area (Å²) in [4.78, 5) is 25.0. The van der Waals surface area contributed by atoms with Crippen molar-refractivity contribution in [3.8, 4) is 0 Å². The lowest BCUT2D eigenvalue weighted by Gasteiger charge is -2.25. The molecule has 4 nitrogen and oxygen atoms in total. The van der Waals surface area contributed by atoms with E-state index in [9.17, 15) is 9.59 Å². The summed E-state index contributed by atoms with van der Waals surface area (Å²) in [5.41, 5.74) is 0.559. The molecule has 1 N–H and O–H groups in total. The molecular formula is C14H15NO3. The lowest BCUT2D eigenvalue weighted by molar-refractivity contribution is -0.141. The molecule has 0 fully saturated rings. The first-order valence-electron chi connectivity index (χ1n) is 5.73. The van der Waals surface area contributed by atoms with Gasteiger partial charge in [0.25, 0.3) is 0 Å². The minimum absolute atomic E-state index is 0.175. The van der Waals surface area contributed by atoms with Gasteiger partial charge in [0.15, 0.2) is 0 Å². The number of anilines is 1. The van der Waals surface area contributed by atoms with Crippen LogP contribution < -0.4 is 4.90 Å². The number of carbonyl (C=O) groups is 2. The fourth-order valence-electron chi connectivity index (χ4n) is 2.66. The Morgan fingerprint density at radius 1 is 1.50 bits per heavy atom. The van der Waals surface area contributed by atoms with Crippen molar-refractivity contribution in [1.82, 2.24) is 0 Å². The average molecular weight is 245 g/mol. The van der Waals surface area contributed by atoms with Crippen LogP contribution in [0.1, 0.15) is 18.4 Å². The van der Waals surface area contributed by atoms with Crippen LogP contribution in [0.3, 0.4) is 0 Å². The van der Waals surface area contributed by atoms with Gasteiger partial charge < -0.3 is 10.0 Å². The molecule has 1 amide bonds. The highest BCUT2D eigenvalue weighted by Crippen LogP contribution is 2.45. The zero-order chi connectivity index (χ0) is 13.3. The second-order valence-electron chi connectivity index (χ2n) is 4.53. The molecule has 1 atom stereocenters. The van der Waals surface area contributed by atoms with Gasteiger partial charge in [-0.2, -0.15) is 0 Å². The molecule has 0 saturated carbocycles. The van der Waals surface area contributed by atoms with Crippen LogP contribution in [0.2, 0.25) is 0 Å². The van der Waals surface area contributed by atoms with Gasteiger partial charge in [-0.25, -0.2) is 0 Å². The molecule has 1 unspecified atom stereocenters. The van der Waals surface area contributed by atoms with Crippen LogP contribution in [0.4, 0.5) is 5.69 Å². The Bertz CT molecular complexity index is 524. The number of carbonyl (C=O) groups excluding carboxylic acids is 1. The summed E-state index contributed by atoms with van der Waals surface area (Å²) in [6, 6.07) is 7.32. The van der Waals surface area contributed by atoms with Crippen molar-refractivity contribution in [1.29, 1.82) is 0 Å². The summed E-state index contributed by atoms with van der Waals surface area (Å²) in [5.74, 6) is -1.15. The average Bonchev–Trinajstić information content (AvgIpc) is 2.53. The number of para-hydroxylation sites is 1. The minimum Gasteiger partial charge on any atom is -0.481 e. The topological polar surface area (TPSA) is 57.6 Å². The van der Waals surface area contributed by atoms with Crippen molar-refractivity contribution >= 4 is 17.6 Å². The largest absolute Gasteiger partial charge is 0.481 e. The Hall–Kier alpha value is -2.10. The fourth-order valence-corrected chi connectivity index (χ4v) is 2.66. The highest BCUT2D eigenvalue weighted by molar-refractivity contribution is 6.09. The van der Waals surface area contributed by atoms with Crippen LogP contribution in [0.25, 0.3) is 0 Å². The normalized spacial score (nSPS) is 21.8. The molecule has 0 bridgehead atoms. The summed E-state index contributed by atoms with van der Waals surface area (Å²) in [6.07, 6.45) is 1.73. The van der Waals surface area contributed by atoms with Crippen molar-refractivity contribution in [3.63, 3.8) is 0 Å². The monoisotopic (exact) mass is 245 g/mol. The van der Waals surface area contributed by atoms with E-state index in [0.717, 1.165) is 11.3 Å². The molecule has 1 aliphatic heterocycles. The molecule has 94 valence electrons. The van der Waals surface area contributed by atoms with Gasteiger partial charge >= 0.3 is 5.97 Å². The summed E-state index contributed by atoms with van der Waals surface area (Å²) < 4.78 is 0. The summed E-state index contributed by atoms with van der Waals surface area (Å²) in [6.45, 7) is 3.65. The van der Waals surface area contributed by atoms with Gasteiger partial charge in [-0.1, -0.05) is 24.3 Å². The summed E-state index contributed by atoms with van der Waals surface area (Å²) in [7, 11) is 1.67. The number of hydrogen-bond donors (Lipinski definition) is 1. The Morgan fingerprint density at radius 2 is 2.17 bits per heavy atom. The molecule has 0 saturated heterocycles. The van der Waals surface area contributed by atoms with Crippen molar-refractivity contribution in [2.75, 3.05) is 11.9 Å². The Balaban J connectivity index is 2.62. The van der Waals surface area contributed by atoms with Gasteiger partial charge in [-0.15, -0.1) is 6.58 Å². The molecule has 0 spiro atoms. The van der Waals surface area contributed by atoms with Crippen molar-refractivity contribution in [2.45, 2.75) is 18.3 Å². The minimum atomic E-state index is -1.00. The maximum atomic E-state index is 12.4. The number of likely N-dealkylation sites (N-methyl/N-ethyl adjacent to an activating group) is 1. The van der Waals surface area contributed by atoms with Crippen molar-refractivity contribution in [2.24, 2.45) is 0 Å². The van der Waals surface area contributed by atoms with E-state index >= 15 is 0 Å². The smallest absolute Gasteiger partial charge is 0.304 e. The van der Waals surface area contributed by atoms with Crippen molar-refractivity contribution in [3.05, 3.63) is 42.5 Å². The summed E-state index contributed by atoms with van der Waals surface area (Å²) in [5, 5.41) is 9.09. The quantitative estimate of drug-likeness (QED) is 0.825. The van der Waals surface area contributed by atoms with Crippen LogP contribution in [0, 0.1) is 0 Å². The maximum absolute atomic E-state index is 12.4. The molecule has 1 aromatic carbocycles. The number of aliphatic carboxylic acids is 1. The molecule has 4 heteroatoms. The van der Waals surface area contributed by atoms with Gasteiger partial charge in [-0.05, 0) is 18.1 Å². The standard InChI is InChI=1S/C14H15NO3/c1-3-8-14(9-12(16)17)10-6-4-5-7-11(10)15(2)13(14)18/h3-7H,1,8-9H2,2H3,(H,16,17). The van der Waals surface area contributed by atoms with Crippen LogP contribution in [0.15, 0.2) is 36.9 Å². The third kappa shape index (κ3) is 1.61. The second kappa shape index (κ2) is 4.29. The summed E-state index contributed by atoms with van der Waals surface area (Å²) >= 11 is 0. The van der Waals surface area contributed by atoms with Crippen molar-refractivity contribution < 1.29 is 14.7 Å². The SMILES string of the molecule is C=CCC1(CC(=O)O)C(=O)N(C)c2ccccc21. The zero-order valence-electron chi connectivity index (χ0n) is 10.2. The predicted octanol–water partition coefficient (Wildman–Crippen LogP) is 1.95.